The highest BCUT2D eigenvalue weighted by atomic mass is 35.5. The van der Waals surface area contributed by atoms with E-state index in [0.29, 0.717) is 5.69 Å². The number of carbonyl (C=O) groups is 1. The molecule has 0 radical (unpaired) electrons. The van der Waals surface area contributed by atoms with Crippen molar-refractivity contribution in [3.63, 3.8) is 0 Å². The van der Waals surface area contributed by atoms with Gasteiger partial charge in [0.25, 0.3) is 5.69 Å². The Morgan fingerprint density at radius 1 is 1.21 bits per heavy atom. The minimum atomic E-state index is -0.809. The van der Waals surface area contributed by atoms with Gasteiger partial charge in [-0.25, -0.2) is 4.79 Å². The average Bonchev–Trinajstić information content (AvgIpc) is 2.74. The molecule has 0 aliphatic heterocycles. The Hall–Kier alpha value is -2.64. The molecule has 0 heterocycles. The molecule has 7 nitrogen and oxygen atoms in total. The number of halogens is 1. The zero-order valence-corrected chi connectivity index (χ0v) is 16.7. The molecule has 2 amide bonds. The number of nitrogens with one attached hydrogen (secondary N) is 1. The van der Waals surface area contributed by atoms with Gasteiger partial charge in [-0.15, -0.1) is 0 Å². The van der Waals surface area contributed by atoms with Gasteiger partial charge in [0, 0.05) is 18.2 Å². The van der Waals surface area contributed by atoms with Gasteiger partial charge < -0.3 is 15.3 Å². The first-order chi connectivity index (χ1) is 14.0. The molecule has 0 unspecified atom stereocenters. The fourth-order valence-electron chi connectivity index (χ4n) is 3.66. The maximum atomic E-state index is 13.1. The van der Waals surface area contributed by atoms with E-state index in [4.69, 9.17) is 11.6 Å². The van der Waals surface area contributed by atoms with Gasteiger partial charge in [0.05, 0.1) is 28.3 Å². The molecule has 8 heteroatoms. The fraction of sp³-hybridized carbons (Fsp3) is 0.381. The Morgan fingerprint density at radius 3 is 2.52 bits per heavy atom. The second-order valence-electron chi connectivity index (χ2n) is 7.22. The first kappa shape index (κ1) is 21.1. The first-order valence-corrected chi connectivity index (χ1v) is 10.1. The topological polar surface area (TPSA) is 95.7 Å². The van der Waals surface area contributed by atoms with Gasteiger partial charge in [0.15, 0.2) is 0 Å². The van der Waals surface area contributed by atoms with Crippen LogP contribution < -0.4 is 5.32 Å². The summed E-state index contributed by atoms with van der Waals surface area (Å²) >= 11 is 6.12. The van der Waals surface area contributed by atoms with Gasteiger partial charge >= 0.3 is 6.03 Å². The summed E-state index contributed by atoms with van der Waals surface area (Å²) in [6.45, 7) is 0.158. The maximum Gasteiger partial charge on any atom is 0.322 e. The van der Waals surface area contributed by atoms with Gasteiger partial charge in [-0.1, -0.05) is 61.2 Å². The number of rotatable bonds is 6. The highest BCUT2D eigenvalue weighted by molar-refractivity contribution is 6.33. The molecule has 2 aromatic rings. The highest BCUT2D eigenvalue weighted by Crippen LogP contribution is 2.29. The molecule has 1 aliphatic rings. The van der Waals surface area contributed by atoms with Crippen LogP contribution in [0.1, 0.15) is 43.8 Å². The van der Waals surface area contributed by atoms with Crippen LogP contribution in [-0.2, 0) is 0 Å². The Morgan fingerprint density at radius 2 is 1.90 bits per heavy atom. The zero-order valence-electron chi connectivity index (χ0n) is 16.0. The van der Waals surface area contributed by atoms with Crippen molar-refractivity contribution < 1.29 is 14.8 Å². The van der Waals surface area contributed by atoms with Gasteiger partial charge in [-0.05, 0) is 24.5 Å². The van der Waals surface area contributed by atoms with E-state index < -0.39 is 11.0 Å². The number of nitro groups is 1. The molecule has 0 aromatic heterocycles. The smallest absolute Gasteiger partial charge is 0.322 e. The van der Waals surface area contributed by atoms with Crippen LogP contribution in [0.5, 0.6) is 0 Å². The Bertz CT molecular complexity index is 856. The number of anilines is 1. The summed E-state index contributed by atoms with van der Waals surface area (Å²) in [4.78, 5) is 25.1. The standard InChI is InChI=1S/C21H24ClN3O4/c22-18-13-17(25(28)29)11-12-19(18)23-21(27)24(16-9-5-2-6-10-16)14-20(26)15-7-3-1-4-8-15/h1,3-4,7-8,11-13,16,20,26H,2,5-6,9-10,14H2,(H,23,27)/t20-/m0/s1. The summed E-state index contributed by atoms with van der Waals surface area (Å²) in [5, 5.41) is 24.4. The van der Waals surface area contributed by atoms with Crippen molar-refractivity contribution in [1.29, 1.82) is 0 Å². The summed E-state index contributed by atoms with van der Waals surface area (Å²) in [6.07, 6.45) is 4.16. The highest BCUT2D eigenvalue weighted by Gasteiger charge is 2.28. The maximum absolute atomic E-state index is 13.1. The van der Waals surface area contributed by atoms with Crippen LogP contribution in [0.15, 0.2) is 48.5 Å². The average molecular weight is 418 g/mol. The van der Waals surface area contributed by atoms with Crippen LogP contribution in [0.4, 0.5) is 16.2 Å². The number of hydrogen-bond acceptors (Lipinski definition) is 4. The van der Waals surface area contributed by atoms with Gasteiger partial charge in [-0.2, -0.15) is 0 Å². The van der Waals surface area contributed by atoms with Gasteiger partial charge in [0.1, 0.15) is 0 Å². The van der Waals surface area contributed by atoms with E-state index >= 15 is 0 Å². The number of benzene rings is 2. The van der Waals surface area contributed by atoms with E-state index in [1.54, 1.807) is 4.90 Å². The number of amides is 2. The molecule has 1 fully saturated rings. The number of nitro benzene ring substituents is 1. The lowest BCUT2D eigenvalue weighted by Gasteiger charge is -2.35. The van der Waals surface area contributed by atoms with Crippen LogP contribution in [0, 0.1) is 10.1 Å². The lowest BCUT2D eigenvalue weighted by Crippen LogP contribution is -2.46. The van der Waals surface area contributed by atoms with Crippen molar-refractivity contribution in [3.05, 3.63) is 69.2 Å². The monoisotopic (exact) mass is 417 g/mol. The predicted molar refractivity (Wildman–Crippen MR) is 112 cm³/mol. The minimum absolute atomic E-state index is 0.0268. The quantitative estimate of drug-likeness (QED) is 0.501. The van der Waals surface area contributed by atoms with Crippen LogP contribution >= 0.6 is 11.6 Å². The molecule has 154 valence electrons. The van der Waals surface area contributed by atoms with Crippen molar-refractivity contribution >= 4 is 29.0 Å². The molecule has 3 rings (SSSR count). The molecule has 1 atom stereocenters. The number of urea groups is 1. The second-order valence-corrected chi connectivity index (χ2v) is 7.63. The van der Waals surface area contributed by atoms with Crippen molar-refractivity contribution in [2.45, 2.75) is 44.2 Å². The van der Waals surface area contributed by atoms with E-state index in [1.807, 2.05) is 30.3 Å². The third kappa shape index (κ3) is 5.46. The fourth-order valence-corrected chi connectivity index (χ4v) is 3.89. The third-order valence-electron chi connectivity index (χ3n) is 5.24. The molecular weight excluding hydrogens is 394 g/mol. The van der Waals surface area contributed by atoms with E-state index in [-0.39, 0.29) is 29.3 Å². The van der Waals surface area contributed by atoms with E-state index in [1.165, 1.54) is 18.2 Å². The lowest BCUT2D eigenvalue weighted by atomic mass is 9.94. The molecular formula is C21H24ClN3O4. The SMILES string of the molecule is O=C(Nc1ccc([N+](=O)[O-])cc1Cl)N(C[C@H](O)c1ccccc1)C1CCCCC1. The predicted octanol–water partition coefficient (Wildman–Crippen LogP) is 5.15. The normalized spacial score (nSPS) is 15.5. The largest absolute Gasteiger partial charge is 0.387 e. The number of carbonyl (C=O) groups excluding carboxylic acids is 1. The molecule has 0 saturated heterocycles. The minimum Gasteiger partial charge on any atom is -0.387 e. The first-order valence-electron chi connectivity index (χ1n) is 9.70. The number of hydrogen-bond donors (Lipinski definition) is 2. The molecule has 0 spiro atoms. The molecule has 2 aromatic carbocycles. The van der Waals surface area contributed by atoms with Crippen molar-refractivity contribution in [2.24, 2.45) is 0 Å². The van der Waals surface area contributed by atoms with Crippen LogP contribution in [0.25, 0.3) is 0 Å². The number of non-ortho nitro benzene ring substituents is 1. The van der Waals surface area contributed by atoms with E-state index in [2.05, 4.69) is 5.32 Å². The molecule has 2 N–H and O–H groups in total. The van der Waals surface area contributed by atoms with Gasteiger partial charge in [0.2, 0.25) is 0 Å². The Labute approximate surface area is 174 Å². The molecule has 29 heavy (non-hydrogen) atoms. The van der Waals surface area contributed by atoms with Crippen LogP contribution in [0.3, 0.4) is 0 Å². The summed E-state index contributed by atoms with van der Waals surface area (Å²) in [5.41, 5.74) is 0.906. The summed E-state index contributed by atoms with van der Waals surface area (Å²) < 4.78 is 0. The van der Waals surface area contributed by atoms with E-state index in [9.17, 15) is 20.0 Å². The third-order valence-corrected chi connectivity index (χ3v) is 5.55. The van der Waals surface area contributed by atoms with Gasteiger partial charge in [-0.3, -0.25) is 10.1 Å². The van der Waals surface area contributed by atoms with E-state index in [0.717, 1.165) is 37.7 Å². The van der Waals surface area contributed by atoms with Crippen LogP contribution in [0.2, 0.25) is 5.02 Å². The second kappa shape index (κ2) is 9.71. The lowest BCUT2D eigenvalue weighted by molar-refractivity contribution is -0.384. The molecule has 1 aliphatic carbocycles. The molecule has 0 bridgehead atoms. The summed E-state index contributed by atoms with van der Waals surface area (Å²) in [5.74, 6) is 0. The Kier molecular flexibility index (Phi) is 7.06. The Balaban J connectivity index is 1.78. The number of aliphatic hydroxyl groups excluding tert-OH is 1. The summed E-state index contributed by atoms with van der Waals surface area (Å²) in [6, 6.07) is 12.8. The zero-order chi connectivity index (χ0) is 20.8. The number of aliphatic hydroxyl groups is 1. The van der Waals surface area contributed by atoms with Crippen molar-refractivity contribution in [1.82, 2.24) is 4.90 Å². The van der Waals surface area contributed by atoms with Crippen molar-refractivity contribution in [2.75, 3.05) is 11.9 Å². The van der Waals surface area contributed by atoms with Crippen molar-refractivity contribution in [3.8, 4) is 0 Å². The molecule has 1 saturated carbocycles. The number of nitrogens with zero attached hydrogens (tertiary/aromatic N) is 2. The van der Waals surface area contributed by atoms with Crippen LogP contribution in [-0.4, -0.2) is 33.5 Å². The summed E-state index contributed by atoms with van der Waals surface area (Å²) in [7, 11) is 0.